The van der Waals surface area contributed by atoms with Crippen LogP contribution in [0.5, 0.6) is 0 Å². The SMILES string of the molecule is CC(C)[C@@H]1c2nc3cc(CO)c(CS(=O)[O-])cc3n2CCN1c1nccc(C(F)(F)F)n1. The van der Waals surface area contributed by atoms with E-state index in [1.165, 1.54) is 0 Å². The van der Waals surface area contributed by atoms with Gasteiger partial charge in [-0.2, -0.15) is 13.2 Å². The van der Waals surface area contributed by atoms with Gasteiger partial charge in [0.05, 0.1) is 23.7 Å². The predicted molar refractivity (Wildman–Crippen MR) is 110 cm³/mol. The van der Waals surface area contributed by atoms with Crippen LogP contribution in [-0.4, -0.2) is 39.9 Å². The Morgan fingerprint density at radius 3 is 2.62 bits per heavy atom. The number of aromatic nitrogens is 4. The molecular weight excluding hydrogens is 447 g/mol. The van der Waals surface area contributed by atoms with Crippen LogP contribution >= 0.6 is 0 Å². The Bertz CT molecular complexity index is 1180. The van der Waals surface area contributed by atoms with Crippen molar-refractivity contribution < 1.29 is 27.0 Å². The third kappa shape index (κ3) is 4.09. The number of hydrogen-bond acceptors (Lipinski definition) is 7. The maximum atomic E-state index is 13.2. The van der Waals surface area contributed by atoms with Gasteiger partial charge in [-0.3, -0.25) is 4.21 Å². The van der Waals surface area contributed by atoms with Crippen LogP contribution in [0.4, 0.5) is 19.1 Å². The van der Waals surface area contributed by atoms with Gasteiger partial charge in [0.1, 0.15) is 11.5 Å². The van der Waals surface area contributed by atoms with Crippen LogP contribution in [0.2, 0.25) is 0 Å². The van der Waals surface area contributed by atoms with Crippen molar-refractivity contribution in [3.8, 4) is 0 Å². The molecule has 3 aromatic rings. The van der Waals surface area contributed by atoms with Crippen molar-refractivity contribution in [3.05, 3.63) is 47.0 Å². The monoisotopic (exact) mass is 468 g/mol. The molecule has 4 rings (SSSR count). The van der Waals surface area contributed by atoms with E-state index < -0.39 is 29.0 Å². The highest BCUT2D eigenvalue weighted by molar-refractivity contribution is 7.78. The van der Waals surface area contributed by atoms with Crippen molar-refractivity contribution in [2.75, 3.05) is 11.4 Å². The lowest BCUT2D eigenvalue weighted by Crippen LogP contribution is -2.42. The molecule has 1 unspecified atom stereocenters. The number of fused-ring (bicyclic) bond motifs is 3. The Labute approximate surface area is 184 Å². The van der Waals surface area contributed by atoms with Gasteiger partial charge in [0.2, 0.25) is 5.95 Å². The quantitative estimate of drug-likeness (QED) is 0.574. The molecule has 2 aromatic heterocycles. The fraction of sp³-hybridized carbons (Fsp3) is 0.450. The number of rotatable bonds is 5. The van der Waals surface area contributed by atoms with E-state index in [0.717, 1.165) is 12.3 Å². The molecule has 0 saturated heterocycles. The summed E-state index contributed by atoms with van der Waals surface area (Å²) in [5.41, 5.74) is 1.25. The first-order valence-electron chi connectivity index (χ1n) is 9.95. The molecule has 2 atom stereocenters. The van der Waals surface area contributed by atoms with Gasteiger partial charge in [-0.1, -0.05) is 24.9 Å². The summed E-state index contributed by atoms with van der Waals surface area (Å²) in [5, 5.41) is 9.66. The Kier molecular flexibility index (Phi) is 5.94. The van der Waals surface area contributed by atoms with E-state index >= 15 is 0 Å². The Morgan fingerprint density at radius 2 is 2.00 bits per heavy atom. The summed E-state index contributed by atoms with van der Waals surface area (Å²) in [6.07, 6.45) is -3.48. The lowest BCUT2D eigenvalue weighted by Gasteiger charge is -2.38. The molecule has 0 amide bonds. The normalized spacial score (nSPS) is 17.8. The summed E-state index contributed by atoms with van der Waals surface area (Å²) in [7, 11) is 0. The zero-order valence-electron chi connectivity index (χ0n) is 17.3. The molecule has 32 heavy (non-hydrogen) atoms. The van der Waals surface area contributed by atoms with Crippen molar-refractivity contribution >= 4 is 28.1 Å². The number of hydrogen-bond donors (Lipinski definition) is 1. The minimum Gasteiger partial charge on any atom is -0.772 e. The molecule has 1 N–H and O–H groups in total. The Balaban J connectivity index is 1.82. The van der Waals surface area contributed by atoms with Crippen LogP contribution in [-0.2, 0) is 36.2 Å². The number of nitrogens with zero attached hydrogens (tertiary/aromatic N) is 5. The summed E-state index contributed by atoms with van der Waals surface area (Å²) in [6, 6.07) is 3.81. The molecule has 1 aliphatic heterocycles. The predicted octanol–water partition coefficient (Wildman–Crippen LogP) is 2.93. The zero-order chi connectivity index (χ0) is 23.2. The molecule has 0 aliphatic carbocycles. The van der Waals surface area contributed by atoms with Crippen molar-refractivity contribution in [2.45, 2.75) is 45.0 Å². The van der Waals surface area contributed by atoms with Gasteiger partial charge in [-0.25, -0.2) is 15.0 Å². The maximum Gasteiger partial charge on any atom is 0.433 e. The molecule has 1 aliphatic rings. The fourth-order valence-electron chi connectivity index (χ4n) is 4.16. The molecule has 0 spiro atoms. The Hall–Kier alpha value is -2.57. The highest BCUT2D eigenvalue weighted by Gasteiger charge is 2.37. The van der Waals surface area contributed by atoms with Gasteiger partial charge in [-0.15, -0.1) is 0 Å². The molecule has 8 nitrogen and oxygen atoms in total. The summed E-state index contributed by atoms with van der Waals surface area (Å²) in [6.45, 7) is 4.31. The highest BCUT2D eigenvalue weighted by atomic mass is 32.2. The Morgan fingerprint density at radius 1 is 1.25 bits per heavy atom. The fourth-order valence-corrected chi connectivity index (χ4v) is 4.68. The third-order valence-electron chi connectivity index (χ3n) is 5.53. The van der Waals surface area contributed by atoms with Gasteiger partial charge >= 0.3 is 6.18 Å². The second-order valence-electron chi connectivity index (χ2n) is 7.96. The average molecular weight is 468 g/mol. The van der Waals surface area contributed by atoms with Gasteiger partial charge in [0.15, 0.2) is 0 Å². The molecule has 0 radical (unpaired) electrons. The van der Waals surface area contributed by atoms with Crippen molar-refractivity contribution in [3.63, 3.8) is 0 Å². The molecule has 3 heterocycles. The first-order valence-corrected chi connectivity index (χ1v) is 11.2. The summed E-state index contributed by atoms with van der Waals surface area (Å²) >= 11 is -2.32. The topological polar surface area (TPSA) is 107 Å². The van der Waals surface area contributed by atoms with E-state index in [1.54, 1.807) is 17.0 Å². The van der Waals surface area contributed by atoms with Crippen LogP contribution in [0.3, 0.4) is 0 Å². The minimum absolute atomic E-state index is 0.0182. The highest BCUT2D eigenvalue weighted by Crippen LogP contribution is 2.37. The number of alkyl halides is 3. The van der Waals surface area contributed by atoms with Crippen LogP contribution in [0.25, 0.3) is 11.0 Å². The maximum absolute atomic E-state index is 13.2. The zero-order valence-corrected chi connectivity index (χ0v) is 18.2. The van der Waals surface area contributed by atoms with E-state index in [2.05, 4.69) is 9.97 Å². The van der Waals surface area contributed by atoms with E-state index in [-0.39, 0.29) is 24.2 Å². The molecule has 12 heteroatoms. The van der Waals surface area contributed by atoms with Crippen LogP contribution in [0, 0.1) is 5.92 Å². The van der Waals surface area contributed by atoms with E-state index in [4.69, 9.17) is 4.98 Å². The summed E-state index contributed by atoms with van der Waals surface area (Å²) < 4.78 is 64.0. The number of anilines is 1. The summed E-state index contributed by atoms with van der Waals surface area (Å²) in [4.78, 5) is 14.3. The largest absolute Gasteiger partial charge is 0.772 e. The second kappa shape index (κ2) is 8.41. The van der Waals surface area contributed by atoms with Crippen LogP contribution in [0.15, 0.2) is 24.4 Å². The standard InChI is InChI=1S/C20H22F3N5O3S/c1-11(2)17-18-25-14-7-12(9-29)13(10-32(30)31)8-15(14)27(18)5-6-28(17)19-24-4-3-16(26-19)20(21,22)23/h3-4,7-8,11,17,29H,5-6,9-10H2,1-2H3,(H,30,31)/p-1/t17-/m1/s1. The van der Waals surface area contributed by atoms with Gasteiger partial charge < -0.3 is 19.1 Å². The first-order chi connectivity index (χ1) is 15.1. The molecule has 172 valence electrons. The molecule has 1 aromatic carbocycles. The van der Waals surface area contributed by atoms with Gasteiger partial charge in [-0.05, 0) is 35.2 Å². The molecule has 0 bridgehead atoms. The lowest BCUT2D eigenvalue weighted by molar-refractivity contribution is -0.141. The number of aliphatic hydroxyl groups excluding tert-OH is 1. The van der Waals surface area contributed by atoms with Gasteiger partial charge in [0.25, 0.3) is 0 Å². The molecule has 0 saturated carbocycles. The van der Waals surface area contributed by atoms with Crippen molar-refractivity contribution in [2.24, 2.45) is 5.92 Å². The van der Waals surface area contributed by atoms with E-state index in [0.29, 0.717) is 41.1 Å². The van der Waals surface area contributed by atoms with Crippen LogP contribution in [0.1, 0.15) is 42.5 Å². The van der Waals surface area contributed by atoms with E-state index in [1.807, 2.05) is 18.4 Å². The molecule has 0 fully saturated rings. The second-order valence-corrected chi connectivity index (χ2v) is 8.86. The smallest absolute Gasteiger partial charge is 0.433 e. The number of benzene rings is 1. The third-order valence-corrected chi connectivity index (χ3v) is 6.08. The number of imidazole rings is 1. The van der Waals surface area contributed by atoms with Gasteiger partial charge in [0, 0.05) is 25.0 Å². The number of halogens is 3. The van der Waals surface area contributed by atoms with Crippen molar-refractivity contribution in [1.29, 1.82) is 0 Å². The van der Waals surface area contributed by atoms with Crippen LogP contribution < -0.4 is 4.90 Å². The first kappa shape index (κ1) is 22.6. The van der Waals surface area contributed by atoms with Crippen molar-refractivity contribution in [1.82, 2.24) is 19.5 Å². The summed E-state index contributed by atoms with van der Waals surface area (Å²) in [5.74, 6) is 0.348. The average Bonchev–Trinajstić information content (AvgIpc) is 3.08. The minimum atomic E-state index is -4.58. The lowest BCUT2D eigenvalue weighted by atomic mass is 10.00. The molecular formula is C20H21F3N5O3S-. The number of aliphatic hydroxyl groups is 1. The van der Waals surface area contributed by atoms with E-state index in [9.17, 15) is 27.0 Å².